The first-order valence-corrected chi connectivity index (χ1v) is 23.7. The number of carbonyl (C=O) groups is 2. The number of carboxylic acid groups (broad SMARTS) is 1. The molecule has 8 heteroatoms. The van der Waals surface area contributed by atoms with Gasteiger partial charge in [0, 0.05) is 18.9 Å². The molecule has 0 bridgehead atoms. The summed E-state index contributed by atoms with van der Waals surface area (Å²) < 4.78 is 0. The normalized spacial score (nSPS) is 53.3. The van der Waals surface area contributed by atoms with Gasteiger partial charge >= 0.3 is 5.97 Å². The zero-order valence-corrected chi connectivity index (χ0v) is 35.8. The van der Waals surface area contributed by atoms with Crippen LogP contribution in [-0.4, -0.2) is 67.9 Å². The summed E-state index contributed by atoms with van der Waals surface area (Å²) in [5.41, 5.74) is -0.257. The summed E-state index contributed by atoms with van der Waals surface area (Å²) in [7, 11) is 0. The van der Waals surface area contributed by atoms with Crippen molar-refractivity contribution in [2.45, 2.75) is 194 Å². The van der Waals surface area contributed by atoms with Crippen LogP contribution in [0.2, 0.25) is 0 Å². The van der Waals surface area contributed by atoms with Crippen molar-refractivity contribution in [1.82, 2.24) is 5.32 Å². The molecule has 0 aromatic rings. The number of carbonyl (C=O) groups excluding carboxylic acids is 1. The minimum absolute atomic E-state index is 0.0183. The van der Waals surface area contributed by atoms with Gasteiger partial charge in [0.2, 0.25) is 5.91 Å². The molecule has 8 nitrogen and oxygen atoms in total. The SMILES string of the molecule is C[C@H](CCC(=O)O)[C@H]1CC[C@H]2[C@@H]3[C@H](O)C[C@@H]4C[C@@H](NC(=O)CC[C@@H](C)[C@H]5CC[C@H]6[C@@H]7[C@H](O)C[C@@H]8CCCC[C@]8(C)[C@H]7C[C@H](O)[C@]56C)CC[C@]4(C)[C@H]3C[C@H](O)C12C. The third kappa shape index (κ3) is 6.39. The number of aliphatic hydroxyl groups is 4. The Morgan fingerprint density at radius 3 is 1.68 bits per heavy atom. The molecule has 8 aliphatic carbocycles. The highest BCUT2D eigenvalue weighted by Crippen LogP contribution is 2.70. The highest BCUT2D eigenvalue weighted by molar-refractivity contribution is 5.76. The molecule has 0 aromatic carbocycles. The number of aliphatic carboxylic acids is 1. The number of amides is 1. The summed E-state index contributed by atoms with van der Waals surface area (Å²) in [5.74, 6) is 3.10. The lowest BCUT2D eigenvalue weighted by Gasteiger charge is -2.63. The fourth-order valence-electron chi connectivity index (χ4n) is 17.9. The van der Waals surface area contributed by atoms with Gasteiger partial charge in [0.25, 0.3) is 0 Å². The number of hydrogen-bond acceptors (Lipinski definition) is 6. The molecular weight excluding hydrogens is 703 g/mol. The molecule has 1 unspecified atom stereocenters. The first-order chi connectivity index (χ1) is 26.4. The van der Waals surface area contributed by atoms with Crippen molar-refractivity contribution < 1.29 is 35.1 Å². The molecule has 0 radical (unpaired) electrons. The summed E-state index contributed by atoms with van der Waals surface area (Å²) in [6.45, 7) is 13.9. The van der Waals surface area contributed by atoms with Gasteiger partial charge in [0.1, 0.15) is 0 Å². The van der Waals surface area contributed by atoms with Crippen molar-refractivity contribution in [2.24, 2.45) is 92.7 Å². The first-order valence-electron chi connectivity index (χ1n) is 23.7. The van der Waals surface area contributed by atoms with Gasteiger partial charge in [-0.25, -0.2) is 0 Å². The molecule has 0 aromatic heterocycles. The van der Waals surface area contributed by atoms with E-state index < -0.39 is 18.2 Å². The van der Waals surface area contributed by atoms with Crippen molar-refractivity contribution >= 4 is 11.9 Å². The highest BCUT2D eigenvalue weighted by Gasteiger charge is 2.67. The molecule has 56 heavy (non-hydrogen) atoms. The number of rotatable bonds is 9. The van der Waals surface area contributed by atoms with E-state index in [9.17, 15) is 35.1 Å². The Hall–Kier alpha value is -1.22. The van der Waals surface area contributed by atoms with Crippen molar-refractivity contribution in [2.75, 3.05) is 0 Å². The van der Waals surface area contributed by atoms with E-state index in [4.69, 9.17) is 0 Å². The average molecular weight is 782 g/mol. The van der Waals surface area contributed by atoms with Crippen LogP contribution in [0.1, 0.15) is 164 Å². The number of hydrogen-bond donors (Lipinski definition) is 6. The molecule has 0 spiro atoms. The van der Waals surface area contributed by atoms with E-state index in [0.29, 0.717) is 54.8 Å². The number of fused-ring (bicyclic) bond motifs is 10. The van der Waals surface area contributed by atoms with Crippen molar-refractivity contribution in [3.05, 3.63) is 0 Å². The van der Waals surface area contributed by atoms with Crippen LogP contribution in [0.5, 0.6) is 0 Å². The zero-order chi connectivity index (χ0) is 40.1. The molecule has 8 fully saturated rings. The van der Waals surface area contributed by atoms with Gasteiger partial charge in [0.05, 0.1) is 24.4 Å². The lowest BCUT2D eigenvalue weighted by Crippen LogP contribution is -2.63. The summed E-state index contributed by atoms with van der Waals surface area (Å²) in [6, 6.07) is 0.104. The van der Waals surface area contributed by atoms with Crippen LogP contribution in [0.25, 0.3) is 0 Å². The van der Waals surface area contributed by atoms with Gasteiger partial charge in [-0.15, -0.1) is 0 Å². The Morgan fingerprint density at radius 2 is 1.12 bits per heavy atom. The largest absolute Gasteiger partial charge is 0.481 e. The second-order valence-electron chi connectivity index (χ2n) is 22.9. The first kappa shape index (κ1) is 41.5. The van der Waals surface area contributed by atoms with E-state index in [-0.39, 0.29) is 87.7 Å². The van der Waals surface area contributed by atoms with E-state index in [2.05, 4.69) is 46.9 Å². The molecular formula is C48H79NO7. The highest BCUT2D eigenvalue weighted by atomic mass is 16.4. The smallest absolute Gasteiger partial charge is 0.303 e. The van der Waals surface area contributed by atoms with Crippen LogP contribution in [0.3, 0.4) is 0 Å². The molecule has 8 saturated carbocycles. The molecule has 0 heterocycles. The van der Waals surface area contributed by atoms with Crippen LogP contribution in [0, 0.1) is 92.7 Å². The van der Waals surface area contributed by atoms with Crippen molar-refractivity contribution in [1.29, 1.82) is 0 Å². The molecule has 8 rings (SSSR count). The van der Waals surface area contributed by atoms with E-state index in [1.54, 1.807) is 0 Å². The Morgan fingerprint density at radius 1 is 0.607 bits per heavy atom. The average Bonchev–Trinajstić information content (AvgIpc) is 3.70. The molecule has 8 aliphatic rings. The predicted octanol–water partition coefficient (Wildman–Crippen LogP) is 7.98. The maximum atomic E-state index is 13.7. The monoisotopic (exact) mass is 782 g/mol. The summed E-state index contributed by atoms with van der Waals surface area (Å²) >= 11 is 0. The fourth-order valence-corrected chi connectivity index (χ4v) is 17.9. The van der Waals surface area contributed by atoms with E-state index >= 15 is 0 Å². The summed E-state index contributed by atoms with van der Waals surface area (Å²) in [5, 5.41) is 60.3. The molecule has 0 aliphatic heterocycles. The number of nitrogens with one attached hydrogen (secondary N) is 1. The van der Waals surface area contributed by atoms with Gasteiger partial charge in [-0.2, -0.15) is 0 Å². The zero-order valence-electron chi connectivity index (χ0n) is 35.8. The third-order valence-electron chi connectivity index (χ3n) is 21.0. The van der Waals surface area contributed by atoms with Crippen LogP contribution in [-0.2, 0) is 9.59 Å². The van der Waals surface area contributed by atoms with E-state index in [0.717, 1.165) is 70.6 Å². The maximum absolute atomic E-state index is 13.7. The molecule has 6 N–H and O–H groups in total. The van der Waals surface area contributed by atoms with Gasteiger partial charge in [0.15, 0.2) is 0 Å². The van der Waals surface area contributed by atoms with Gasteiger partial charge in [-0.05, 0) is 189 Å². The van der Waals surface area contributed by atoms with Gasteiger partial charge in [-0.1, -0.05) is 54.4 Å². The predicted molar refractivity (Wildman–Crippen MR) is 217 cm³/mol. The fraction of sp³-hybridized carbons (Fsp3) is 0.958. The molecule has 1 amide bonds. The maximum Gasteiger partial charge on any atom is 0.303 e. The topological polar surface area (TPSA) is 147 Å². The van der Waals surface area contributed by atoms with Crippen molar-refractivity contribution in [3.8, 4) is 0 Å². The van der Waals surface area contributed by atoms with Gasteiger partial charge in [-0.3, -0.25) is 9.59 Å². The standard InChI is InChI=1S/C48H79NO7/c1-26(31-12-14-33-43-35(24-39(52)47(31,33)5)45(3)19-8-7-9-28(45)22-37(43)50)10-16-41(54)49-30-18-20-46(4)29(21-30)23-38(51)44-34-15-13-32(27(2)11-17-42(55)56)48(34,6)40(53)25-36(44)46/h26-40,43-44,50-53H,7-25H2,1-6H3,(H,49,54)(H,55,56)/t26-,27-,28+,29+,30+,31-,32-,33+,34+,35+,36+,37-,38-,39+,40+,43+,44+,45+,46+,47-,48?/m1/s1. The van der Waals surface area contributed by atoms with E-state index in [1.165, 1.54) is 25.7 Å². The van der Waals surface area contributed by atoms with Crippen LogP contribution >= 0.6 is 0 Å². The molecule has 318 valence electrons. The lowest BCUT2D eigenvalue weighted by molar-refractivity contribution is -0.202. The molecule has 0 saturated heterocycles. The van der Waals surface area contributed by atoms with Crippen LogP contribution < -0.4 is 5.32 Å². The second-order valence-corrected chi connectivity index (χ2v) is 22.9. The van der Waals surface area contributed by atoms with E-state index in [1.807, 2.05) is 0 Å². The summed E-state index contributed by atoms with van der Waals surface area (Å²) in [4.78, 5) is 25.0. The Kier molecular flexibility index (Phi) is 11.2. The third-order valence-corrected chi connectivity index (χ3v) is 21.0. The summed E-state index contributed by atoms with van der Waals surface area (Å²) in [6.07, 6.45) is 15.8. The minimum Gasteiger partial charge on any atom is -0.481 e. The Labute approximate surface area is 338 Å². The number of aliphatic hydroxyl groups excluding tert-OH is 4. The number of carboxylic acids is 1. The van der Waals surface area contributed by atoms with Crippen LogP contribution in [0.4, 0.5) is 0 Å². The van der Waals surface area contributed by atoms with Crippen LogP contribution in [0.15, 0.2) is 0 Å². The Bertz CT molecular complexity index is 1470. The Balaban J connectivity index is 0.868. The molecule has 21 atom stereocenters. The second kappa shape index (κ2) is 15.0. The minimum atomic E-state index is -0.758. The lowest BCUT2D eigenvalue weighted by atomic mass is 9.43. The quantitative estimate of drug-likeness (QED) is 0.139. The van der Waals surface area contributed by atoms with Gasteiger partial charge < -0.3 is 30.8 Å². The van der Waals surface area contributed by atoms with Crippen molar-refractivity contribution in [3.63, 3.8) is 0 Å².